The van der Waals surface area contributed by atoms with E-state index in [0.717, 1.165) is 16.6 Å². The normalized spacial score (nSPS) is 11.9. The van der Waals surface area contributed by atoms with Gasteiger partial charge in [-0.05, 0) is 90.8 Å². The van der Waals surface area contributed by atoms with Crippen molar-refractivity contribution >= 4 is 54.3 Å². The summed E-state index contributed by atoms with van der Waals surface area (Å²) in [6.45, 7) is 2.14. The van der Waals surface area contributed by atoms with Crippen molar-refractivity contribution in [3.05, 3.63) is 145 Å². The molecule has 196 valence electrons. The van der Waals surface area contributed by atoms with Gasteiger partial charge < -0.3 is 4.42 Å². The van der Waals surface area contributed by atoms with E-state index in [1.54, 1.807) is 0 Å². The molecule has 1 aromatic heterocycles. The predicted octanol–water partition coefficient (Wildman–Crippen LogP) is 11.8. The second-order valence-corrected chi connectivity index (χ2v) is 11.4. The molecular weight excluding hydrogens is 508 g/mol. The second-order valence-electron chi connectivity index (χ2n) is 11.4. The fourth-order valence-corrected chi connectivity index (χ4v) is 6.91. The highest BCUT2D eigenvalue weighted by Gasteiger charge is 2.16. The summed E-state index contributed by atoms with van der Waals surface area (Å²) < 4.78 is 6.20. The fourth-order valence-electron chi connectivity index (χ4n) is 6.91. The van der Waals surface area contributed by atoms with Crippen molar-refractivity contribution < 1.29 is 4.42 Å². The summed E-state index contributed by atoms with van der Waals surface area (Å²) in [5.74, 6) is 0. The molecule has 0 aliphatic carbocycles. The van der Waals surface area contributed by atoms with Crippen molar-refractivity contribution in [3.8, 4) is 33.4 Å². The van der Waals surface area contributed by atoms with E-state index in [4.69, 9.17) is 4.42 Å². The van der Waals surface area contributed by atoms with Gasteiger partial charge >= 0.3 is 0 Å². The molecule has 1 nitrogen and oxygen atoms in total. The van der Waals surface area contributed by atoms with E-state index >= 15 is 0 Å². The van der Waals surface area contributed by atoms with Crippen LogP contribution in [0.25, 0.3) is 87.6 Å². The molecule has 0 radical (unpaired) electrons. The number of aryl methyl sites for hydroxylation is 1. The van der Waals surface area contributed by atoms with Crippen molar-refractivity contribution in [1.82, 2.24) is 0 Å². The Balaban J connectivity index is 1.27. The molecular formula is C41H26O. The number of hydrogen-bond acceptors (Lipinski definition) is 1. The number of fused-ring (bicyclic) bond motifs is 3. The average Bonchev–Trinajstić information content (AvgIpc) is 3.43. The zero-order valence-corrected chi connectivity index (χ0v) is 23.2. The minimum atomic E-state index is 0.922. The molecule has 0 aliphatic heterocycles. The second kappa shape index (κ2) is 8.80. The molecule has 0 spiro atoms. The van der Waals surface area contributed by atoms with Gasteiger partial charge in [0.25, 0.3) is 0 Å². The molecule has 9 rings (SSSR count). The third-order valence-electron chi connectivity index (χ3n) is 8.91. The molecule has 1 heteroatoms. The van der Waals surface area contributed by atoms with Gasteiger partial charge in [0.15, 0.2) is 0 Å². The molecule has 1 heterocycles. The number of para-hydroxylation sites is 1. The number of furan rings is 1. The molecule has 0 N–H and O–H groups in total. The van der Waals surface area contributed by atoms with Crippen LogP contribution in [0.5, 0.6) is 0 Å². The molecule has 0 amide bonds. The van der Waals surface area contributed by atoms with E-state index in [0.29, 0.717) is 0 Å². The minimum Gasteiger partial charge on any atom is -0.456 e. The molecule has 0 aliphatic rings. The van der Waals surface area contributed by atoms with Crippen LogP contribution in [0.1, 0.15) is 5.56 Å². The van der Waals surface area contributed by atoms with Crippen molar-refractivity contribution in [3.63, 3.8) is 0 Å². The van der Waals surface area contributed by atoms with Gasteiger partial charge in [0, 0.05) is 10.8 Å². The summed E-state index contributed by atoms with van der Waals surface area (Å²) in [5.41, 5.74) is 10.5. The molecule has 0 bridgehead atoms. The lowest BCUT2D eigenvalue weighted by Crippen LogP contribution is -1.90. The monoisotopic (exact) mass is 534 g/mol. The van der Waals surface area contributed by atoms with Crippen molar-refractivity contribution in [2.45, 2.75) is 6.92 Å². The number of benzene rings is 8. The summed E-state index contributed by atoms with van der Waals surface area (Å²) in [5, 5.41) is 10.2. The smallest absolute Gasteiger partial charge is 0.136 e. The lowest BCUT2D eigenvalue weighted by atomic mass is 9.86. The predicted molar refractivity (Wildman–Crippen MR) is 178 cm³/mol. The summed E-state index contributed by atoms with van der Waals surface area (Å²) in [6.07, 6.45) is 0. The first-order valence-corrected chi connectivity index (χ1v) is 14.5. The van der Waals surface area contributed by atoms with Gasteiger partial charge in [-0.25, -0.2) is 0 Å². The van der Waals surface area contributed by atoms with E-state index in [9.17, 15) is 0 Å². The van der Waals surface area contributed by atoms with Gasteiger partial charge in [-0.1, -0.05) is 127 Å². The van der Waals surface area contributed by atoms with Crippen LogP contribution in [-0.2, 0) is 0 Å². The lowest BCUT2D eigenvalue weighted by Gasteiger charge is -2.17. The quantitative estimate of drug-likeness (QED) is 0.205. The van der Waals surface area contributed by atoms with Crippen LogP contribution in [0.15, 0.2) is 144 Å². The zero-order valence-electron chi connectivity index (χ0n) is 23.2. The summed E-state index contributed by atoms with van der Waals surface area (Å²) in [7, 11) is 0. The van der Waals surface area contributed by atoms with Crippen molar-refractivity contribution in [2.24, 2.45) is 0 Å². The fraction of sp³-hybridized carbons (Fsp3) is 0.0244. The van der Waals surface area contributed by atoms with E-state index in [-0.39, 0.29) is 0 Å². The van der Waals surface area contributed by atoms with Gasteiger partial charge in [0.05, 0.1) is 0 Å². The van der Waals surface area contributed by atoms with Gasteiger partial charge in [-0.2, -0.15) is 0 Å². The maximum atomic E-state index is 6.20. The maximum absolute atomic E-state index is 6.20. The molecule has 0 saturated heterocycles. The third kappa shape index (κ3) is 3.37. The standard InChI is InChI=1S/C41H26O/c1-25-12-14-26(15-13-25)31-20-16-27-19-23-35-32(21-17-28-18-22-34(31)39(27)40(28)35)29-6-4-7-30(24-29)33-9-5-11-38-41(33)36-8-2-3-10-37(36)42-38/h2-24H,1H3. The van der Waals surface area contributed by atoms with Crippen LogP contribution in [0.2, 0.25) is 0 Å². The molecule has 0 fully saturated rings. The Hall–Kier alpha value is -5.40. The summed E-state index contributed by atoms with van der Waals surface area (Å²) in [6, 6.07) is 50.8. The van der Waals surface area contributed by atoms with Gasteiger partial charge in [0.1, 0.15) is 11.2 Å². The molecule has 9 aromatic rings. The van der Waals surface area contributed by atoms with E-state index in [1.165, 1.54) is 76.6 Å². The Morgan fingerprint density at radius 3 is 1.71 bits per heavy atom. The van der Waals surface area contributed by atoms with Crippen LogP contribution in [0.3, 0.4) is 0 Å². The Morgan fingerprint density at radius 2 is 0.976 bits per heavy atom. The van der Waals surface area contributed by atoms with E-state index in [2.05, 4.69) is 134 Å². The highest BCUT2D eigenvalue weighted by Crippen LogP contribution is 2.43. The van der Waals surface area contributed by atoms with Gasteiger partial charge in [0.2, 0.25) is 0 Å². The lowest BCUT2D eigenvalue weighted by molar-refractivity contribution is 0.669. The van der Waals surface area contributed by atoms with Crippen LogP contribution in [0, 0.1) is 6.92 Å². The number of rotatable bonds is 3. The highest BCUT2D eigenvalue weighted by atomic mass is 16.3. The Kier molecular flexibility index (Phi) is 4.88. The minimum absolute atomic E-state index is 0.922. The molecule has 8 aromatic carbocycles. The van der Waals surface area contributed by atoms with Crippen LogP contribution >= 0.6 is 0 Å². The Morgan fingerprint density at radius 1 is 0.381 bits per heavy atom. The molecule has 42 heavy (non-hydrogen) atoms. The van der Waals surface area contributed by atoms with Crippen LogP contribution in [-0.4, -0.2) is 0 Å². The van der Waals surface area contributed by atoms with Crippen LogP contribution in [0.4, 0.5) is 0 Å². The molecule has 0 unspecified atom stereocenters. The first-order chi connectivity index (χ1) is 20.7. The Bertz CT molecular complexity index is 2460. The summed E-state index contributed by atoms with van der Waals surface area (Å²) >= 11 is 0. The first kappa shape index (κ1) is 23.3. The van der Waals surface area contributed by atoms with E-state index in [1.807, 2.05) is 12.1 Å². The number of hydrogen-bond donors (Lipinski definition) is 0. The molecule has 0 atom stereocenters. The topological polar surface area (TPSA) is 13.1 Å². The largest absolute Gasteiger partial charge is 0.456 e. The summed E-state index contributed by atoms with van der Waals surface area (Å²) in [4.78, 5) is 0. The van der Waals surface area contributed by atoms with Crippen LogP contribution < -0.4 is 0 Å². The van der Waals surface area contributed by atoms with Crippen molar-refractivity contribution in [2.75, 3.05) is 0 Å². The zero-order chi connectivity index (χ0) is 27.8. The maximum Gasteiger partial charge on any atom is 0.136 e. The van der Waals surface area contributed by atoms with Crippen molar-refractivity contribution in [1.29, 1.82) is 0 Å². The van der Waals surface area contributed by atoms with E-state index < -0.39 is 0 Å². The van der Waals surface area contributed by atoms with Gasteiger partial charge in [-0.15, -0.1) is 0 Å². The molecule has 0 saturated carbocycles. The Labute approximate surface area is 243 Å². The first-order valence-electron chi connectivity index (χ1n) is 14.5. The third-order valence-corrected chi connectivity index (χ3v) is 8.91. The highest BCUT2D eigenvalue weighted by molar-refractivity contribution is 6.27. The average molecular weight is 535 g/mol. The van der Waals surface area contributed by atoms with Gasteiger partial charge in [-0.3, -0.25) is 0 Å². The SMILES string of the molecule is Cc1ccc(-c2ccc3ccc4c(-c5cccc(-c6cccc7oc8ccccc8c67)c5)ccc5ccc2c3c54)cc1.